The Morgan fingerprint density at radius 1 is 1.21 bits per heavy atom. The van der Waals surface area contributed by atoms with Crippen molar-refractivity contribution in [2.45, 2.75) is 95.4 Å². The molecule has 7 atom stereocenters. The smallest absolute Gasteiger partial charge is 0.102 e. The minimum atomic E-state index is -0.123. The van der Waals surface area contributed by atoms with Gasteiger partial charge < -0.3 is 19.3 Å². The second-order valence-corrected chi connectivity index (χ2v) is 9.11. The number of aliphatic hydroxyl groups excluding tert-OH is 1. The quantitative estimate of drug-likeness (QED) is 0.442. The van der Waals surface area contributed by atoms with Crippen LogP contribution in [-0.2, 0) is 14.2 Å². The SMILES string of the molecule is CCC(COC(C)SC(C)OCC1CCCC(O)C1)CC1OC1C. The summed E-state index contributed by atoms with van der Waals surface area (Å²) < 4.78 is 17.5. The lowest BCUT2D eigenvalue weighted by Crippen LogP contribution is -2.25. The first-order chi connectivity index (χ1) is 11.5. The Kier molecular flexibility index (Phi) is 8.85. The molecular weight excluding hydrogens is 324 g/mol. The summed E-state index contributed by atoms with van der Waals surface area (Å²) in [6.45, 7) is 10.1. The fraction of sp³-hybridized carbons (Fsp3) is 1.00. The van der Waals surface area contributed by atoms with Gasteiger partial charge in [-0.15, -0.1) is 0 Å². The van der Waals surface area contributed by atoms with Crippen LogP contribution in [0.3, 0.4) is 0 Å². The predicted octanol–water partition coefficient (Wildman–Crippen LogP) is 4.20. The van der Waals surface area contributed by atoms with Crippen LogP contribution >= 0.6 is 11.8 Å². The van der Waals surface area contributed by atoms with Crippen LogP contribution in [0.15, 0.2) is 0 Å². The highest BCUT2D eigenvalue weighted by Gasteiger charge is 2.35. The standard InChI is InChI=1S/C19H36O4S/c1-5-16(10-19-13(2)23-19)11-21-14(3)24-15(4)22-12-17-7-6-8-18(20)9-17/h13-20H,5-12H2,1-4H3. The predicted molar refractivity (Wildman–Crippen MR) is 99.1 cm³/mol. The van der Waals surface area contributed by atoms with Crippen LogP contribution in [0, 0.1) is 11.8 Å². The number of thioether (sulfide) groups is 1. The second-order valence-electron chi connectivity index (χ2n) is 7.51. The van der Waals surface area contributed by atoms with Gasteiger partial charge in [-0.1, -0.05) is 31.5 Å². The van der Waals surface area contributed by atoms with Crippen LogP contribution in [0.1, 0.15) is 66.2 Å². The topological polar surface area (TPSA) is 51.2 Å². The van der Waals surface area contributed by atoms with Crippen molar-refractivity contribution in [1.29, 1.82) is 0 Å². The molecule has 0 bridgehead atoms. The summed E-state index contributed by atoms with van der Waals surface area (Å²) in [5.74, 6) is 1.10. The van der Waals surface area contributed by atoms with Crippen molar-refractivity contribution in [3.8, 4) is 0 Å². The summed E-state index contributed by atoms with van der Waals surface area (Å²) in [4.78, 5) is 0. The molecule has 1 aliphatic carbocycles. The van der Waals surface area contributed by atoms with Crippen molar-refractivity contribution in [1.82, 2.24) is 0 Å². The van der Waals surface area contributed by atoms with Crippen LogP contribution in [0.5, 0.6) is 0 Å². The van der Waals surface area contributed by atoms with Gasteiger partial charge in [-0.05, 0) is 58.3 Å². The van der Waals surface area contributed by atoms with Crippen LogP contribution in [0.25, 0.3) is 0 Å². The molecular formula is C19H36O4S. The average Bonchev–Trinajstić information content (AvgIpc) is 3.24. The molecule has 0 amide bonds. The van der Waals surface area contributed by atoms with E-state index in [2.05, 4.69) is 27.7 Å². The molecule has 2 fully saturated rings. The van der Waals surface area contributed by atoms with Crippen LogP contribution in [0.4, 0.5) is 0 Å². The normalized spacial score (nSPS) is 33.9. The molecule has 1 aliphatic heterocycles. The minimum Gasteiger partial charge on any atom is -0.393 e. The van der Waals surface area contributed by atoms with E-state index in [9.17, 15) is 5.11 Å². The zero-order valence-corrected chi connectivity index (χ0v) is 16.6. The Morgan fingerprint density at radius 2 is 1.92 bits per heavy atom. The lowest BCUT2D eigenvalue weighted by atomic mass is 9.88. The summed E-state index contributed by atoms with van der Waals surface area (Å²) >= 11 is 1.74. The molecule has 1 heterocycles. The van der Waals surface area contributed by atoms with Crippen molar-refractivity contribution >= 4 is 11.8 Å². The number of rotatable bonds is 11. The zero-order chi connectivity index (χ0) is 17.5. The number of aliphatic hydroxyl groups is 1. The van der Waals surface area contributed by atoms with E-state index in [1.54, 1.807) is 11.8 Å². The summed E-state index contributed by atoms with van der Waals surface area (Å²) in [5, 5.41) is 9.73. The van der Waals surface area contributed by atoms with Gasteiger partial charge in [-0.3, -0.25) is 0 Å². The molecule has 0 radical (unpaired) electrons. The molecule has 0 spiro atoms. The van der Waals surface area contributed by atoms with Crippen LogP contribution < -0.4 is 0 Å². The molecule has 2 rings (SSSR count). The van der Waals surface area contributed by atoms with Crippen molar-refractivity contribution in [3.05, 3.63) is 0 Å². The maximum atomic E-state index is 9.73. The summed E-state index contributed by atoms with van der Waals surface area (Å²) in [6, 6.07) is 0. The molecule has 142 valence electrons. The van der Waals surface area contributed by atoms with E-state index in [0.29, 0.717) is 24.0 Å². The van der Waals surface area contributed by atoms with Gasteiger partial charge >= 0.3 is 0 Å². The first-order valence-electron chi connectivity index (χ1n) is 9.70. The first-order valence-corrected chi connectivity index (χ1v) is 10.6. The number of ether oxygens (including phenoxy) is 3. The highest BCUT2D eigenvalue weighted by atomic mass is 32.2. The zero-order valence-electron chi connectivity index (χ0n) is 15.8. The molecule has 0 aromatic carbocycles. The van der Waals surface area contributed by atoms with E-state index >= 15 is 0 Å². The van der Waals surface area contributed by atoms with Gasteiger partial charge in [0.15, 0.2) is 0 Å². The van der Waals surface area contributed by atoms with Gasteiger partial charge in [0.2, 0.25) is 0 Å². The molecule has 1 saturated heterocycles. The van der Waals surface area contributed by atoms with Gasteiger partial charge in [0.1, 0.15) is 10.9 Å². The van der Waals surface area contributed by atoms with E-state index in [4.69, 9.17) is 14.2 Å². The van der Waals surface area contributed by atoms with Crippen molar-refractivity contribution < 1.29 is 19.3 Å². The van der Waals surface area contributed by atoms with E-state index in [1.165, 1.54) is 6.42 Å². The molecule has 7 unspecified atom stereocenters. The molecule has 24 heavy (non-hydrogen) atoms. The number of epoxide rings is 1. The van der Waals surface area contributed by atoms with Gasteiger partial charge in [0.25, 0.3) is 0 Å². The molecule has 0 aromatic rings. The maximum Gasteiger partial charge on any atom is 0.102 e. The molecule has 5 heteroatoms. The summed E-state index contributed by atoms with van der Waals surface area (Å²) in [7, 11) is 0. The first kappa shape index (κ1) is 20.5. The second kappa shape index (κ2) is 10.4. The van der Waals surface area contributed by atoms with Gasteiger partial charge in [-0.25, -0.2) is 0 Å². The van der Waals surface area contributed by atoms with E-state index in [1.807, 2.05) is 0 Å². The fourth-order valence-corrected chi connectivity index (χ4v) is 4.32. The Bertz CT molecular complexity index is 354. The third-order valence-electron chi connectivity index (χ3n) is 5.25. The highest BCUT2D eigenvalue weighted by Crippen LogP contribution is 2.30. The summed E-state index contributed by atoms with van der Waals surface area (Å²) in [5.41, 5.74) is 0.273. The Balaban J connectivity index is 1.56. The minimum absolute atomic E-state index is 0.123. The van der Waals surface area contributed by atoms with E-state index in [0.717, 1.165) is 45.3 Å². The molecule has 0 aromatic heterocycles. The Labute approximate surface area is 152 Å². The largest absolute Gasteiger partial charge is 0.393 e. The van der Waals surface area contributed by atoms with E-state index in [-0.39, 0.29) is 17.0 Å². The van der Waals surface area contributed by atoms with Crippen LogP contribution in [-0.4, -0.2) is 47.5 Å². The molecule has 2 aliphatic rings. The van der Waals surface area contributed by atoms with Crippen molar-refractivity contribution in [3.63, 3.8) is 0 Å². The van der Waals surface area contributed by atoms with Crippen molar-refractivity contribution in [2.75, 3.05) is 13.2 Å². The maximum absolute atomic E-state index is 9.73. The van der Waals surface area contributed by atoms with E-state index < -0.39 is 0 Å². The monoisotopic (exact) mass is 360 g/mol. The van der Waals surface area contributed by atoms with Crippen LogP contribution in [0.2, 0.25) is 0 Å². The number of hydrogen-bond acceptors (Lipinski definition) is 5. The number of hydrogen-bond donors (Lipinski definition) is 1. The third kappa shape index (κ3) is 7.61. The highest BCUT2D eigenvalue weighted by molar-refractivity contribution is 8.00. The lowest BCUT2D eigenvalue weighted by Gasteiger charge is -2.27. The Hall–Kier alpha value is 0.190. The third-order valence-corrected chi connectivity index (χ3v) is 6.29. The molecule has 4 nitrogen and oxygen atoms in total. The van der Waals surface area contributed by atoms with Gasteiger partial charge in [-0.2, -0.15) is 0 Å². The lowest BCUT2D eigenvalue weighted by molar-refractivity contribution is 0.0338. The molecule has 1 saturated carbocycles. The average molecular weight is 361 g/mol. The van der Waals surface area contributed by atoms with Crippen molar-refractivity contribution in [2.24, 2.45) is 11.8 Å². The molecule has 1 N–H and O–H groups in total. The fourth-order valence-electron chi connectivity index (χ4n) is 3.46. The summed E-state index contributed by atoms with van der Waals surface area (Å²) in [6.07, 6.45) is 7.18. The van der Waals surface area contributed by atoms with Gasteiger partial charge in [0, 0.05) is 0 Å². The Morgan fingerprint density at radius 3 is 2.54 bits per heavy atom. The van der Waals surface area contributed by atoms with Gasteiger partial charge in [0.05, 0.1) is 31.5 Å².